The number of halogens is 1. The highest BCUT2D eigenvalue weighted by Gasteiger charge is 2.15. The van der Waals surface area contributed by atoms with Crippen LogP contribution in [0.2, 0.25) is 0 Å². The number of benzene rings is 2. The zero-order valence-corrected chi connectivity index (χ0v) is 13.9. The number of amides is 1. The molecule has 0 fully saturated rings. The molecule has 0 aliphatic heterocycles. The number of esters is 1. The van der Waals surface area contributed by atoms with Gasteiger partial charge in [-0.1, -0.05) is 48.5 Å². The molecule has 0 radical (unpaired) electrons. The number of nitrogens with one attached hydrogen (secondary N) is 1. The summed E-state index contributed by atoms with van der Waals surface area (Å²) >= 11 is 0. The molecule has 0 heterocycles. The van der Waals surface area contributed by atoms with Crippen molar-refractivity contribution in [2.75, 3.05) is 6.54 Å². The summed E-state index contributed by atoms with van der Waals surface area (Å²) in [5.41, 5.74) is 1.39. The minimum atomic E-state index is -0.923. The van der Waals surface area contributed by atoms with Crippen molar-refractivity contribution < 1.29 is 18.7 Å². The lowest BCUT2D eigenvalue weighted by Gasteiger charge is -2.12. The average molecular weight is 341 g/mol. The van der Waals surface area contributed by atoms with Crippen LogP contribution in [0.3, 0.4) is 0 Å². The molecular formula is C20H20FNO3. The second kappa shape index (κ2) is 9.37. The maximum Gasteiger partial charge on any atom is 0.331 e. The van der Waals surface area contributed by atoms with Gasteiger partial charge in [-0.15, -0.1) is 0 Å². The van der Waals surface area contributed by atoms with Gasteiger partial charge in [0.2, 0.25) is 0 Å². The molecule has 0 saturated heterocycles. The molecule has 0 aromatic heterocycles. The summed E-state index contributed by atoms with van der Waals surface area (Å²) in [6.07, 6.45) is 2.19. The van der Waals surface area contributed by atoms with E-state index >= 15 is 0 Å². The van der Waals surface area contributed by atoms with Gasteiger partial charge in [0.05, 0.1) is 0 Å². The van der Waals surface area contributed by atoms with Gasteiger partial charge in [-0.05, 0) is 31.1 Å². The molecule has 1 unspecified atom stereocenters. The quantitative estimate of drug-likeness (QED) is 0.622. The molecule has 0 spiro atoms. The van der Waals surface area contributed by atoms with E-state index in [2.05, 4.69) is 5.32 Å². The lowest BCUT2D eigenvalue weighted by atomic mass is 10.1. The van der Waals surface area contributed by atoms with Crippen molar-refractivity contribution in [3.05, 3.63) is 77.6 Å². The third kappa shape index (κ3) is 6.22. The molecule has 2 aromatic rings. The summed E-state index contributed by atoms with van der Waals surface area (Å²) in [6.45, 7) is 1.95. The maximum absolute atomic E-state index is 13.4. The molecule has 0 aliphatic carbocycles. The van der Waals surface area contributed by atoms with E-state index in [4.69, 9.17) is 4.74 Å². The first-order valence-corrected chi connectivity index (χ1v) is 8.01. The first-order chi connectivity index (χ1) is 12.1. The lowest BCUT2D eigenvalue weighted by Crippen LogP contribution is -2.36. The number of carbonyl (C=O) groups excluding carboxylic acids is 2. The molecule has 0 bridgehead atoms. The predicted octanol–water partition coefficient (Wildman–Crippen LogP) is 3.13. The number of carbonyl (C=O) groups is 2. The van der Waals surface area contributed by atoms with Crippen LogP contribution in [-0.4, -0.2) is 24.5 Å². The van der Waals surface area contributed by atoms with Gasteiger partial charge >= 0.3 is 5.97 Å². The maximum atomic E-state index is 13.4. The van der Waals surface area contributed by atoms with Crippen LogP contribution in [-0.2, 0) is 20.7 Å². The Morgan fingerprint density at radius 2 is 1.80 bits per heavy atom. The van der Waals surface area contributed by atoms with Crippen LogP contribution < -0.4 is 5.32 Å². The fraction of sp³-hybridized carbons (Fsp3) is 0.200. The topological polar surface area (TPSA) is 55.4 Å². The van der Waals surface area contributed by atoms with Crippen molar-refractivity contribution in [1.29, 1.82) is 0 Å². The Morgan fingerprint density at radius 3 is 2.52 bits per heavy atom. The SMILES string of the molecule is CC(OC(=O)/C=C/c1ccccc1F)C(=O)NCCc1ccccc1. The van der Waals surface area contributed by atoms with Gasteiger partial charge in [0.15, 0.2) is 6.10 Å². The Hall–Kier alpha value is -2.95. The molecule has 5 heteroatoms. The number of rotatable bonds is 7. The molecule has 1 N–H and O–H groups in total. The van der Waals surface area contributed by atoms with Crippen molar-refractivity contribution in [2.45, 2.75) is 19.4 Å². The lowest BCUT2D eigenvalue weighted by molar-refractivity contribution is -0.150. The van der Waals surface area contributed by atoms with Crippen LogP contribution in [0.25, 0.3) is 6.08 Å². The van der Waals surface area contributed by atoms with Crippen LogP contribution in [0.5, 0.6) is 0 Å². The molecule has 0 aliphatic rings. The smallest absolute Gasteiger partial charge is 0.331 e. The Balaban J connectivity index is 1.76. The Kier molecular flexibility index (Phi) is 6.89. The summed E-state index contributed by atoms with van der Waals surface area (Å²) in [7, 11) is 0. The minimum absolute atomic E-state index is 0.277. The molecule has 130 valence electrons. The van der Waals surface area contributed by atoms with E-state index in [1.165, 1.54) is 19.1 Å². The van der Waals surface area contributed by atoms with Crippen LogP contribution in [0.4, 0.5) is 4.39 Å². The third-order valence-corrected chi connectivity index (χ3v) is 3.52. The summed E-state index contributed by atoms with van der Waals surface area (Å²) in [4.78, 5) is 23.7. The van der Waals surface area contributed by atoms with E-state index in [-0.39, 0.29) is 11.5 Å². The summed E-state index contributed by atoms with van der Waals surface area (Å²) in [5.74, 6) is -1.50. The molecule has 2 rings (SSSR count). The van der Waals surface area contributed by atoms with Gasteiger partial charge in [-0.25, -0.2) is 9.18 Å². The van der Waals surface area contributed by atoms with Gasteiger partial charge in [-0.2, -0.15) is 0 Å². The highest BCUT2D eigenvalue weighted by atomic mass is 19.1. The predicted molar refractivity (Wildman–Crippen MR) is 94.1 cm³/mol. The van der Waals surface area contributed by atoms with Gasteiger partial charge in [0.25, 0.3) is 5.91 Å². The fourth-order valence-electron chi connectivity index (χ4n) is 2.15. The van der Waals surface area contributed by atoms with Gasteiger partial charge in [0, 0.05) is 18.2 Å². The van der Waals surface area contributed by atoms with Crippen molar-refractivity contribution in [3.8, 4) is 0 Å². The number of ether oxygens (including phenoxy) is 1. The van der Waals surface area contributed by atoms with Crippen molar-refractivity contribution in [3.63, 3.8) is 0 Å². The second-order valence-electron chi connectivity index (χ2n) is 5.46. The van der Waals surface area contributed by atoms with Gasteiger partial charge in [-0.3, -0.25) is 4.79 Å². The van der Waals surface area contributed by atoms with E-state index in [0.717, 1.165) is 11.6 Å². The van der Waals surface area contributed by atoms with Crippen LogP contribution in [0.1, 0.15) is 18.1 Å². The van der Waals surface area contributed by atoms with Crippen molar-refractivity contribution in [2.24, 2.45) is 0 Å². The first kappa shape index (κ1) is 18.4. The average Bonchev–Trinajstić information content (AvgIpc) is 2.62. The summed E-state index contributed by atoms with van der Waals surface area (Å²) < 4.78 is 18.5. The van der Waals surface area contributed by atoms with Gasteiger partial charge < -0.3 is 10.1 Å². The molecule has 25 heavy (non-hydrogen) atoms. The molecule has 2 aromatic carbocycles. The highest BCUT2D eigenvalue weighted by Crippen LogP contribution is 2.08. The standard InChI is InChI=1S/C20H20FNO3/c1-15(20(24)22-14-13-16-7-3-2-4-8-16)25-19(23)12-11-17-9-5-6-10-18(17)21/h2-12,15H,13-14H2,1H3,(H,22,24)/b12-11+. The third-order valence-electron chi connectivity index (χ3n) is 3.52. The summed E-state index contributed by atoms with van der Waals surface area (Å²) in [5, 5.41) is 2.72. The zero-order chi connectivity index (χ0) is 18.1. The van der Waals surface area contributed by atoms with Crippen LogP contribution in [0.15, 0.2) is 60.7 Å². The fourth-order valence-corrected chi connectivity index (χ4v) is 2.15. The monoisotopic (exact) mass is 341 g/mol. The van der Waals surface area contributed by atoms with E-state index in [1.807, 2.05) is 30.3 Å². The Labute approximate surface area is 146 Å². The second-order valence-corrected chi connectivity index (χ2v) is 5.46. The normalized spacial score (nSPS) is 11.9. The van der Waals surface area contributed by atoms with E-state index in [0.29, 0.717) is 13.0 Å². The summed E-state index contributed by atoms with van der Waals surface area (Å²) in [6, 6.07) is 15.8. The largest absolute Gasteiger partial charge is 0.449 e. The zero-order valence-electron chi connectivity index (χ0n) is 13.9. The van der Waals surface area contributed by atoms with Crippen LogP contribution in [0, 0.1) is 5.82 Å². The molecule has 4 nitrogen and oxygen atoms in total. The number of hydrogen-bond acceptors (Lipinski definition) is 3. The Morgan fingerprint density at radius 1 is 1.12 bits per heavy atom. The molecule has 1 amide bonds. The van der Waals surface area contributed by atoms with Gasteiger partial charge in [0.1, 0.15) is 5.82 Å². The highest BCUT2D eigenvalue weighted by molar-refractivity contribution is 5.90. The molecule has 1 atom stereocenters. The molecular weight excluding hydrogens is 321 g/mol. The molecule has 0 saturated carbocycles. The van der Waals surface area contributed by atoms with Crippen LogP contribution >= 0.6 is 0 Å². The number of hydrogen-bond donors (Lipinski definition) is 1. The van der Waals surface area contributed by atoms with E-state index in [9.17, 15) is 14.0 Å². The van der Waals surface area contributed by atoms with Crippen molar-refractivity contribution in [1.82, 2.24) is 5.32 Å². The van der Waals surface area contributed by atoms with Crippen molar-refractivity contribution >= 4 is 18.0 Å². The van der Waals surface area contributed by atoms with E-state index in [1.54, 1.807) is 18.2 Å². The first-order valence-electron chi connectivity index (χ1n) is 8.01. The minimum Gasteiger partial charge on any atom is -0.449 e. The van der Waals surface area contributed by atoms with E-state index < -0.39 is 17.9 Å². The Bertz CT molecular complexity index is 744.